The van der Waals surface area contributed by atoms with Crippen LogP contribution in [0, 0.1) is 5.92 Å². The fourth-order valence-corrected chi connectivity index (χ4v) is 2.78. The molecule has 0 radical (unpaired) electrons. The molecule has 0 bridgehead atoms. The summed E-state index contributed by atoms with van der Waals surface area (Å²) in [4.78, 5) is 11.3. The fraction of sp³-hybridized carbons (Fsp3) is 0.381. The van der Waals surface area contributed by atoms with Crippen LogP contribution in [0.2, 0.25) is 0 Å². The zero-order chi connectivity index (χ0) is 19.9. The van der Waals surface area contributed by atoms with Crippen LogP contribution in [0.4, 0.5) is 0 Å². The molecule has 0 heterocycles. The maximum Gasteiger partial charge on any atom is 0.309 e. The van der Waals surface area contributed by atoms with E-state index < -0.39 is 11.6 Å². The van der Waals surface area contributed by atoms with Crippen molar-refractivity contribution < 1.29 is 24.5 Å². The first-order valence-corrected chi connectivity index (χ1v) is 8.82. The van der Waals surface area contributed by atoms with E-state index in [-0.39, 0.29) is 31.5 Å². The molecular weight excluding hydrogens is 346 g/mol. The molecular formula is C21H27NO5. The van der Waals surface area contributed by atoms with E-state index in [0.29, 0.717) is 11.3 Å². The van der Waals surface area contributed by atoms with Gasteiger partial charge in [0.15, 0.2) is 0 Å². The molecule has 2 rings (SSSR count). The van der Waals surface area contributed by atoms with Gasteiger partial charge in [0.2, 0.25) is 0 Å². The number of hydrogen-bond donors (Lipinski definition) is 3. The Bertz CT molecular complexity index is 719. The monoisotopic (exact) mass is 373 g/mol. The summed E-state index contributed by atoms with van der Waals surface area (Å²) in [6, 6.07) is 16.1. The summed E-state index contributed by atoms with van der Waals surface area (Å²) in [7, 11) is 1.35. The van der Waals surface area contributed by atoms with E-state index in [9.17, 15) is 15.0 Å². The minimum Gasteiger partial charge on any atom is -0.493 e. The maximum absolute atomic E-state index is 11.3. The molecule has 146 valence electrons. The molecule has 0 amide bonds. The zero-order valence-electron chi connectivity index (χ0n) is 15.7. The van der Waals surface area contributed by atoms with Crippen LogP contribution in [0.3, 0.4) is 0 Å². The highest BCUT2D eigenvalue weighted by Crippen LogP contribution is 2.30. The van der Waals surface area contributed by atoms with Gasteiger partial charge in [0.25, 0.3) is 0 Å². The zero-order valence-corrected chi connectivity index (χ0v) is 15.7. The van der Waals surface area contributed by atoms with Crippen LogP contribution in [0.25, 0.3) is 0 Å². The Hall–Kier alpha value is -2.41. The summed E-state index contributed by atoms with van der Waals surface area (Å²) < 4.78 is 10.4. The molecule has 2 aromatic carbocycles. The molecule has 0 fully saturated rings. The Kier molecular flexibility index (Phi) is 7.36. The Labute approximate surface area is 159 Å². The Morgan fingerprint density at radius 3 is 2.33 bits per heavy atom. The van der Waals surface area contributed by atoms with Gasteiger partial charge in [-0.15, -0.1) is 0 Å². The standard InChI is InChI=1S/C21H27NO5/c1-15(21(22,14-23)20(25)17-6-4-3-5-7-17)13-27-18-10-8-16(9-11-18)12-19(24)26-2/h3-11,15,20,23,25H,12-14,22H2,1-2H3. The lowest BCUT2D eigenvalue weighted by Gasteiger charge is -2.38. The number of benzene rings is 2. The van der Waals surface area contributed by atoms with Gasteiger partial charge >= 0.3 is 5.97 Å². The minimum absolute atomic E-state index is 0.201. The molecule has 3 unspecified atom stereocenters. The second-order valence-corrected chi connectivity index (χ2v) is 6.69. The lowest BCUT2D eigenvalue weighted by atomic mass is 9.79. The summed E-state index contributed by atoms with van der Waals surface area (Å²) in [6.07, 6.45) is -0.822. The number of hydrogen-bond acceptors (Lipinski definition) is 6. The first kappa shape index (κ1) is 20.9. The van der Waals surface area contributed by atoms with Gasteiger partial charge in [-0.2, -0.15) is 0 Å². The summed E-state index contributed by atoms with van der Waals surface area (Å²) >= 11 is 0. The van der Waals surface area contributed by atoms with Gasteiger partial charge in [-0.3, -0.25) is 4.79 Å². The van der Waals surface area contributed by atoms with Gasteiger partial charge in [0.1, 0.15) is 5.75 Å². The average Bonchev–Trinajstić information content (AvgIpc) is 2.72. The predicted octanol–water partition coefficient (Wildman–Crippen LogP) is 1.84. The van der Waals surface area contributed by atoms with E-state index in [1.165, 1.54) is 7.11 Å². The molecule has 0 saturated heterocycles. The van der Waals surface area contributed by atoms with Crippen molar-refractivity contribution in [2.75, 3.05) is 20.3 Å². The number of ether oxygens (including phenoxy) is 2. The van der Waals surface area contributed by atoms with Crippen molar-refractivity contribution >= 4 is 5.97 Å². The highest BCUT2D eigenvalue weighted by Gasteiger charge is 2.40. The van der Waals surface area contributed by atoms with Crippen molar-refractivity contribution in [3.63, 3.8) is 0 Å². The van der Waals surface area contributed by atoms with E-state index in [4.69, 9.17) is 10.5 Å². The molecule has 2 aromatic rings. The van der Waals surface area contributed by atoms with Crippen LogP contribution in [-0.2, 0) is 16.0 Å². The first-order chi connectivity index (χ1) is 12.9. The molecule has 4 N–H and O–H groups in total. The van der Waals surface area contributed by atoms with E-state index in [1.807, 2.05) is 25.1 Å². The van der Waals surface area contributed by atoms with Gasteiger partial charge in [0, 0.05) is 5.92 Å². The van der Waals surface area contributed by atoms with Crippen LogP contribution < -0.4 is 10.5 Å². The highest BCUT2D eigenvalue weighted by molar-refractivity contribution is 5.72. The summed E-state index contributed by atoms with van der Waals surface area (Å²) in [5.41, 5.74) is 6.57. The third kappa shape index (κ3) is 5.29. The summed E-state index contributed by atoms with van der Waals surface area (Å²) in [5, 5.41) is 20.5. The third-order valence-corrected chi connectivity index (χ3v) is 4.82. The van der Waals surface area contributed by atoms with Crippen molar-refractivity contribution in [1.29, 1.82) is 0 Å². The van der Waals surface area contributed by atoms with Gasteiger partial charge < -0.3 is 25.4 Å². The van der Waals surface area contributed by atoms with E-state index in [1.54, 1.807) is 36.4 Å². The normalized spacial score (nSPS) is 15.4. The van der Waals surface area contributed by atoms with E-state index in [2.05, 4.69) is 4.74 Å². The lowest BCUT2D eigenvalue weighted by molar-refractivity contribution is -0.139. The summed E-state index contributed by atoms with van der Waals surface area (Å²) in [5.74, 6) is -0.0135. The number of carbonyl (C=O) groups is 1. The SMILES string of the molecule is COC(=O)Cc1ccc(OCC(C)C(N)(CO)C(O)c2ccccc2)cc1. The van der Waals surface area contributed by atoms with Crippen LogP contribution >= 0.6 is 0 Å². The molecule has 6 nitrogen and oxygen atoms in total. The van der Waals surface area contributed by atoms with Gasteiger partial charge in [-0.25, -0.2) is 0 Å². The van der Waals surface area contributed by atoms with Crippen LogP contribution in [0.5, 0.6) is 5.75 Å². The van der Waals surface area contributed by atoms with Gasteiger partial charge in [-0.05, 0) is 23.3 Å². The van der Waals surface area contributed by atoms with Crippen molar-refractivity contribution in [2.24, 2.45) is 11.7 Å². The number of rotatable bonds is 9. The fourth-order valence-electron chi connectivity index (χ4n) is 2.78. The number of methoxy groups -OCH3 is 1. The largest absolute Gasteiger partial charge is 0.493 e. The Morgan fingerprint density at radius 1 is 1.15 bits per heavy atom. The Morgan fingerprint density at radius 2 is 1.78 bits per heavy atom. The molecule has 0 saturated carbocycles. The van der Waals surface area contributed by atoms with Gasteiger partial charge in [0.05, 0.1) is 38.4 Å². The average molecular weight is 373 g/mol. The molecule has 0 aliphatic heterocycles. The second-order valence-electron chi connectivity index (χ2n) is 6.69. The number of aliphatic hydroxyl groups excluding tert-OH is 2. The van der Waals surface area contributed by atoms with Crippen LogP contribution in [-0.4, -0.2) is 42.0 Å². The summed E-state index contributed by atoms with van der Waals surface area (Å²) in [6.45, 7) is 1.66. The van der Waals surface area contributed by atoms with Crippen molar-refractivity contribution in [3.05, 3.63) is 65.7 Å². The third-order valence-electron chi connectivity index (χ3n) is 4.82. The van der Waals surface area contributed by atoms with Gasteiger partial charge in [-0.1, -0.05) is 49.4 Å². The molecule has 0 spiro atoms. The molecule has 3 atom stereocenters. The smallest absolute Gasteiger partial charge is 0.309 e. The molecule has 27 heavy (non-hydrogen) atoms. The number of nitrogens with two attached hydrogens (primary N) is 1. The quantitative estimate of drug-likeness (QED) is 0.580. The number of aliphatic hydroxyl groups is 2. The lowest BCUT2D eigenvalue weighted by Crippen LogP contribution is -2.56. The van der Waals surface area contributed by atoms with Crippen molar-refractivity contribution in [2.45, 2.75) is 25.0 Å². The van der Waals surface area contributed by atoms with E-state index in [0.717, 1.165) is 5.56 Å². The number of carbonyl (C=O) groups excluding carboxylic acids is 1. The molecule has 6 heteroatoms. The highest BCUT2D eigenvalue weighted by atomic mass is 16.5. The topological polar surface area (TPSA) is 102 Å². The van der Waals surface area contributed by atoms with E-state index >= 15 is 0 Å². The maximum atomic E-state index is 11.3. The van der Waals surface area contributed by atoms with Crippen molar-refractivity contribution in [3.8, 4) is 5.75 Å². The minimum atomic E-state index is -1.24. The number of esters is 1. The second kappa shape index (κ2) is 9.50. The van der Waals surface area contributed by atoms with Crippen LogP contribution in [0.1, 0.15) is 24.2 Å². The molecule has 0 aliphatic carbocycles. The van der Waals surface area contributed by atoms with Crippen molar-refractivity contribution in [1.82, 2.24) is 0 Å². The molecule has 0 aliphatic rings. The Balaban J connectivity index is 2.00. The predicted molar refractivity (Wildman–Crippen MR) is 102 cm³/mol. The molecule has 0 aromatic heterocycles. The first-order valence-electron chi connectivity index (χ1n) is 8.82. The van der Waals surface area contributed by atoms with Crippen LogP contribution in [0.15, 0.2) is 54.6 Å².